The molecule has 0 radical (unpaired) electrons. The summed E-state index contributed by atoms with van der Waals surface area (Å²) in [5.41, 5.74) is 1.34. The Bertz CT molecular complexity index is 832. The van der Waals surface area contributed by atoms with Crippen LogP contribution in [-0.2, 0) is 0 Å². The van der Waals surface area contributed by atoms with E-state index in [0.717, 1.165) is 30.8 Å². The van der Waals surface area contributed by atoms with Gasteiger partial charge >= 0.3 is 0 Å². The fourth-order valence-electron chi connectivity index (χ4n) is 3.15. The lowest BCUT2D eigenvalue weighted by Crippen LogP contribution is -2.39. The fraction of sp³-hybridized carbons (Fsp3) is 0.278. The van der Waals surface area contributed by atoms with Crippen molar-refractivity contribution < 1.29 is 4.79 Å². The number of hydrogen-bond acceptors (Lipinski definition) is 5. The fourth-order valence-corrected chi connectivity index (χ4v) is 3.15. The van der Waals surface area contributed by atoms with Gasteiger partial charge in [-0.3, -0.25) is 9.78 Å². The number of carbonyl (C=O) groups is 1. The maximum Gasteiger partial charge on any atom is 0.257 e. The van der Waals surface area contributed by atoms with Gasteiger partial charge < -0.3 is 9.88 Å². The first kappa shape index (κ1) is 15.4. The number of nitrogens with one attached hydrogen (secondary N) is 1. The molecular formula is C18H18N6O. The molecular weight excluding hydrogens is 316 g/mol. The highest BCUT2D eigenvalue weighted by Crippen LogP contribution is 2.25. The smallest absolute Gasteiger partial charge is 0.257 e. The summed E-state index contributed by atoms with van der Waals surface area (Å²) in [7, 11) is 0. The van der Waals surface area contributed by atoms with Crippen LogP contribution in [0, 0.1) is 0 Å². The van der Waals surface area contributed by atoms with E-state index in [1.165, 1.54) is 0 Å². The second-order valence-electron chi connectivity index (χ2n) is 6.10. The maximum absolute atomic E-state index is 12.8. The number of aromatic nitrogens is 5. The van der Waals surface area contributed by atoms with Crippen molar-refractivity contribution in [3.63, 3.8) is 0 Å². The lowest BCUT2D eigenvalue weighted by atomic mass is 9.97. The van der Waals surface area contributed by atoms with Gasteiger partial charge in [0.25, 0.3) is 5.91 Å². The number of H-pyrrole nitrogens is 1. The molecule has 25 heavy (non-hydrogen) atoms. The molecule has 0 bridgehead atoms. The number of imidazole rings is 1. The third-order valence-corrected chi connectivity index (χ3v) is 4.43. The van der Waals surface area contributed by atoms with Crippen molar-refractivity contribution in [1.29, 1.82) is 0 Å². The molecule has 3 aromatic rings. The van der Waals surface area contributed by atoms with Gasteiger partial charge in [0.1, 0.15) is 5.82 Å². The lowest BCUT2D eigenvalue weighted by molar-refractivity contribution is 0.0704. The first-order chi connectivity index (χ1) is 12.3. The van der Waals surface area contributed by atoms with E-state index in [2.05, 4.69) is 24.9 Å². The molecule has 4 rings (SSSR count). The van der Waals surface area contributed by atoms with Crippen molar-refractivity contribution >= 4 is 5.91 Å². The summed E-state index contributed by atoms with van der Waals surface area (Å²) in [5.74, 6) is 1.73. The van der Waals surface area contributed by atoms with Crippen LogP contribution < -0.4 is 0 Å². The standard InChI is InChI=1S/C18H18N6O/c25-18(24-8-2-4-14(12-24)17-20-6-7-21-17)15-10-22-16(23-11-15)13-3-1-5-19-9-13/h1,3,5-7,9-11,14H,2,4,8,12H2,(H,20,21)/t14-/m1/s1. The van der Waals surface area contributed by atoms with E-state index in [9.17, 15) is 4.79 Å². The van der Waals surface area contributed by atoms with Gasteiger partial charge in [-0.25, -0.2) is 15.0 Å². The molecule has 1 saturated heterocycles. The molecule has 7 heteroatoms. The van der Waals surface area contributed by atoms with Gasteiger partial charge in [-0.2, -0.15) is 0 Å². The zero-order valence-corrected chi connectivity index (χ0v) is 13.7. The molecule has 4 heterocycles. The number of hydrogen-bond donors (Lipinski definition) is 1. The van der Waals surface area contributed by atoms with Crippen LogP contribution in [0.2, 0.25) is 0 Å². The molecule has 1 N–H and O–H groups in total. The van der Waals surface area contributed by atoms with Crippen molar-refractivity contribution in [3.05, 3.63) is 60.7 Å². The Labute approximate surface area is 145 Å². The Morgan fingerprint density at radius 3 is 2.76 bits per heavy atom. The summed E-state index contributed by atoms with van der Waals surface area (Å²) in [6.07, 6.45) is 12.2. The molecule has 126 valence electrons. The zero-order chi connectivity index (χ0) is 17.1. The van der Waals surface area contributed by atoms with Crippen molar-refractivity contribution in [2.45, 2.75) is 18.8 Å². The summed E-state index contributed by atoms with van der Waals surface area (Å²) in [6, 6.07) is 3.72. The predicted octanol–water partition coefficient (Wildman–Crippen LogP) is 2.28. The van der Waals surface area contributed by atoms with Crippen molar-refractivity contribution in [3.8, 4) is 11.4 Å². The zero-order valence-electron chi connectivity index (χ0n) is 13.7. The molecule has 0 aromatic carbocycles. The van der Waals surface area contributed by atoms with E-state index >= 15 is 0 Å². The molecule has 0 unspecified atom stereocenters. The van der Waals surface area contributed by atoms with Gasteiger partial charge in [-0.05, 0) is 25.0 Å². The van der Waals surface area contributed by atoms with Crippen LogP contribution in [0.3, 0.4) is 0 Å². The van der Waals surface area contributed by atoms with Gasteiger partial charge in [-0.15, -0.1) is 0 Å². The third kappa shape index (κ3) is 3.26. The Morgan fingerprint density at radius 2 is 2.04 bits per heavy atom. The molecule has 1 amide bonds. The van der Waals surface area contributed by atoms with Crippen LogP contribution in [0.5, 0.6) is 0 Å². The molecule has 1 fully saturated rings. The summed E-state index contributed by atoms with van der Waals surface area (Å²) in [6.45, 7) is 1.41. The minimum Gasteiger partial charge on any atom is -0.348 e. The SMILES string of the molecule is O=C(c1cnc(-c2cccnc2)nc1)N1CCC[C@@H](c2ncc[nH]2)C1. The van der Waals surface area contributed by atoms with E-state index in [1.54, 1.807) is 31.0 Å². The second kappa shape index (κ2) is 6.80. The van der Waals surface area contributed by atoms with Gasteiger partial charge in [-0.1, -0.05) is 0 Å². The van der Waals surface area contributed by atoms with Crippen LogP contribution in [0.1, 0.15) is 34.9 Å². The quantitative estimate of drug-likeness (QED) is 0.794. The number of pyridine rings is 1. The number of nitrogens with zero attached hydrogens (tertiary/aromatic N) is 5. The number of aromatic amines is 1. The molecule has 1 atom stereocenters. The van der Waals surface area contributed by atoms with Crippen molar-refractivity contribution in [2.75, 3.05) is 13.1 Å². The molecule has 0 saturated carbocycles. The average molecular weight is 334 g/mol. The van der Waals surface area contributed by atoms with Crippen LogP contribution in [0.4, 0.5) is 0 Å². The van der Waals surface area contributed by atoms with Crippen LogP contribution in [0.25, 0.3) is 11.4 Å². The summed E-state index contributed by atoms with van der Waals surface area (Å²) in [4.78, 5) is 34.8. The minimum atomic E-state index is -0.0333. The molecule has 0 spiro atoms. The monoisotopic (exact) mass is 334 g/mol. The normalized spacial score (nSPS) is 17.4. The van der Waals surface area contributed by atoms with Gasteiger partial charge in [0.2, 0.25) is 0 Å². The number of amides is 1. The Kier molecular flexibility index (Phi) is 4.20. The highest BCUT2D eigenvalue weighted by molar-refractivity contribution is 5.93. The highest BCUT2D eigenvalue weighted by atomic mass is 16.2. The number of piperidine rings is 1. The van der Waals surface area contributed by atoms with Crippen LogP contribution in [0.15, 0.2) is 49.3 Å². The second-order valence-corrected chi connectivity index (χ2v) is 6.10. The number of carbonyl (C=O) groups excluding carboxylic acids is 1. The van der Waals surface area contributed by atoms with Crippen molar-refractivity contribution in [1.82, 2.24) is 29.8 Å². The highest BCUT2D eigenvalue weighted by Gasteiger charge is 2.27. The van der Waals surface area contributed by atoms with Crippen LogP contribution in [-0.4, -0.2) is 48.8 Å². The van der Waals surface area contributed by atoms with E-state index in [0.29, 0.717) is 17.9 Å². The maximum atomic E-state index is 12.8. The largest absolute Gasteiger partial charge is 0.348 e. The number of likely N-dealkylation sites (tertiary alicyclic amines) is 1. The minimum absolute atomic E-state index is 0.0333. The summed E-state index contributed by atoms with van der Waals surface area (Å²) < 4.78 is 0. The first-order valence-corrected chi connectivity index (χ1v) is 8.32. The number of rotatable bonds is 3. The van der Waals surface area contributed by atoms with Gasteiger partial charge in [0.15, 0.2) is 5.82 Å². The molecule has 3 aromatic heterocycles. The van der Waals surface area contributed by atoms with Gasteiger partial charge in [0, 0.05) is 61.8 Å². The molecule has 1 aliphatic heterocycles. The van der Waals surface area contributed by atoms with Gasteiger partial charge in [0.05, 0.1) is 5.56 Å². The molecule has 7 nitrogen and oxygen atoms in total. The predicted molar refractivity (Wildman–Crippen MR) is 91.7 cm³/mol. The van der Waals surface area contributed by atoms with E-state index in [4.69, 9.17) is 0 Å². The Balaban J connectivity index is 1.49. The molecule has 0 aliphatic carbocycles. The Morgan fingerprint density at radius 1 is 1.16 bits per heavy atom. The lowest BCUT2D eigenvalue weighted by Gasteiger charge is -2.31. The van der Waals surface area contributed by atoms with Crippen LogP contribution >= 0.6 is 0 Å². The first-order valence-electron chi connectivity index (χ1n) is 8.32. The average Bonchev–Trinajstić information content (AvgIpc) is 3.23. The summed E-state index contributed by atoms with van der Waals surface area (Å²) >= 11 is 0. The molecule has 1 aliphatic rings. The topological polar surface area (TPSA) is 87.7 Å². The summed E-state index contributed by atoms with van der Waals surface area (Å²) in [5, 5.41) is 0. The van der Waals surface area contributed by atoms with E-state index in [1.807, 2.05) is 23.2 Å². The Hall–Kier alpha value is -3.09. The van der Waals surface area contributed by atoms with Crippen molar-refractivity contribution in [2.24, 2.45) is 0 Å². The van der Waals surface area contributed by atoms with E-state index in [-0.39, 0.29) is 11.8 Å². The third-order valence-electron chi connectivity index (χ3n) is 4.43. The van der Waals surface area contributed by atoms with E-state index < -0.39 is 0 Å².